The van der Waals surface area contributed by atoms with Crippen molar-refractivity contribution in [1.82, 2.24) is 4.90 Å². The number of nitrogens with zero attached hydrogens (tertiary/aromatic N) is 1. The van der Waals surface area contributed by atoms with Crippen LogP contribution in [0.1, 0.15) is 46.0 Å². The summed E-state index contributed by atoms with van der Waals surface area (Å²) in [6.45, 7) is 7.23. The van der Waals surface area contributed by atoms with Crippen LogP contribution in [0.5, 0.6) is 0 Å². The van der Waals surface area contributed by atoms with E-state index in [1.807, 2.05) is 0 Å². The number of aliphatic hydroxyl groups excluding tert-OH is 2. The summed E-state index contributed by atoms with van der Waals surface area (Å²) in [6.07, 6.45) is 5.35. The summed E-state index contributed by atoms with van der Waals surface area (Å²) in [5, 5.41) is 20.1. The lowest BCUT2D eigenvalue weighted by Crippen LogP contribution is -2.47. The van der Waals surface area contributed by atoms with Gasteiger partial charge in [-0.05, 0) is 50.0 Å². The van der Waals surface area contributed by atoms with Crippen LogP contribution in [0.15, 0.2) is 0 Å². The van der Waals surface area contributed by atoms with E-state index < -0.39 is 0 Å². The fraction of sp³-hybridized carbons (Fsp3) is 1.00. The van der Waals surface area contributed by atoms with Crippen molar-refractivity contribution >= 4 is 0 Å². The molecule has 5 atom stereocenters. The first kappa shape index (κ1) is 14.3. The topological polar surface area (TPSA) is 43.7 Å². The molecule has 1 saturated heterocycles. The van der Waals surface area contributed by atoms with Gasteiger partial charge in [-0.15, -0.1) is 0 Å². The summed E-state index contributed by atoms with van der Waals surface area (Å²) in [5.41, 5.74) is 0. The van der Waals surface area contributed by atoms with E-state index in [4.69, 9.17) is 0 Å². The minimum absolute atomic E-state index is 0.121. The molecule has 2 aliphatic rings. The van der Waals surface area contributed by atoms with Crippen LogP contribution in [0.3, 0.4) is 0 Å². The van der Waals surface area contributed by atoms with E-state index in [9.17, 15) is 10.2 Å². The number of hydrogen-bond acceptors (Lipinski definition) is 3. The zero-order chi connectivity index (χ0) is 13.1. The standard InChI is InChI=1S/C15H29NO2/c1-3-12-4-5-14(17)13(8-12)9-16-7-6-11(2)15(18)10-16/h11-15,17-18H,3-10H2,1-2H3. The second kappa shape index (κ2) is 6.36. The Hall–Kier alpha value is -0.120. The van der Waals surface area contributed by atoms with Crippen molar-refractivity contribution in [3.05, 3.63) is 0 Å². The van der Waals surface area contributed by atoms with E-state index in [0.717, 1.165) is 38.4 Å². The molecule has 2 rings (SSSR count). The molecule has 1 saturated carbocycles. The highest BCUT2D eigenvalue weighted by Crippen LogP contribution is 2.32. The third kappa shape index (κ3) is 3.46. The second-order valence-electron chi connectivity index (χ2n) is 6.51. The van der Waals surface area contributed by atoms with Gasteiger partial charge in [-0.2, -0.15) is 0 Å². The van der Waals surface area contributed by atoms with Gasteiger partial charge in [0.15, 0.2) is 0 Å². The first-order valence-electron chi connectivity index (χ1n) is 7.68. The maximum absolute atomic E-state index is 10.1. The molecular weight excluding hydrogens is 226 g/mol. The number of hydrogen-bond donors (Lipinski definition) is 2. The van der Waals surface area contributed by atoms with Gasteiger partial charge in [0.25, 0.3) is 0 Å². The Morgan fingerprint density at radius 2 is 1.89 bits per heavy atom. The molecule has 3 nitrogen and oxygen atoms in total. The normalized spacial score (nSPS) is 43.0. The summed E-state index contributed by atoms with van der Waals surface area (Å²) in [4.78, 5) is 2.36. The van der Waals surface area contributed by atoms with Crippen molar-refractivity contribution in [2.24, 2.45) is 17.8 Å². The van der Waals surface area contributed by atoms with Crippen LogP contribution in [0.25, 0.3) is 0 Å². The number of aliphatic hydroxyl groups is 2. The molecule has 1 heterocycles. The lowest BCUT2D eigenvalue weighted by Gasteiger charge is -2.40. The van der Waals surface area contributed by atoms with Crippen molar-refractivity contribution < 1.29 is 10.2 Å². The summed E-state index contributed by atoms with van der Waals surface area (Å²) < 4.78 is 0. The molecule has 18 heavy (non-hydrogen) atoms. The fourth-order valence-corrected chi connectivity index (χ4v) is 3.52. The van der Waals surface area contributed by atoms with Crippen LogP contribution in [-0.4, -0.2) is 47.0 Å². The van der Waals surface area contributed by atoms with E-state index in [2.05, 4.69) is 18.7 Å². The molecule has 0 aromatic rings. The zero-order valence-electron chi connectivity index (χ0n) is 11.9. The maximum atomic E-state index is 10.1. The maximum Gasteiger partial charge on any atom is 0.0693 e. The summed E-state index contributed by atoms with van der Waals surface area (Å²) in [6, 6.07) is 0. The average molecular weight is 255 g/mol. The van der Waals surface area contributed by atoms with Crippen molar-refractivity contribution in [3.63, 3.8) is 0 Å². The minimum atomic E-state index is -0.179. The minimum Gasteiger partial charge on any atom is -0.393 e. The number of β-amino-alcohol motifs (C(OH)–C–C–N with tert-alkyl or cyclic N) is 1. The fourth-order valence-electron chi connectivity index (χ4n) is 3.52. The first-order chi connectivity index (χ1) is 8.60. The molecule has 106 valence electrons. The Kier molecular flexibility index (Phi) is 5.05. The Morgan fingerprint density at radius 3 is 2.56 bits per heavy atom. The van der Waals surface area contributed by atoms with Gasteiger partial charge >= 0.3 is 0 Å². The van der Waals surface area contributed by atoms with Crippen LogP contribution in [-0.2, 0) is 0 Å². The summed E-state index contributed by atoms with van der Waals surface area (Å²) in [5.74, 6) is 1.65. The summed E-state index contributed by atoms with van der Waals surface area (Å²) >= 11 is 0. The largest absolute Gasteiger partial charge is 0.393 e. The second-order valence-corrected chi connectivity index (χ2v) is 6.51. The van der Waals surface area contributed by atoms with Crippen LogP contribution in [0.4, 0.5) is 0 Å². The smallest absolute Gasteiger partial charge is 0.0693 e. The Morgan fingerprint density at radius 1 is 1.11 bits per heavy atom. The van der Waals surface area contributed by atoms with Gasteiger partial charge in [0.1, 0.15) is 0 Å². The van der Waals surface area contributed by atoms with Crippen LogP contribution < -0.4 is 0 Å². The molecule has 0 aromatic heterocycles. The molecule has 0 amide bonds. The third-order valence-corrected chi connectivity index (χ3v) is 5.12. The van der Waals surface area contributed by atoms with E-state index >= 15 is 0 Å². The molecular formula is C15H29NO2. The van der Waals surface area contributed by atoms with Crippen LogP contribution >= 0.6 is 0 Å². The first-order valence-corrected chi connectivity index (χ1v) is 7.68. The van der Waals surface area contributed by atoms with Gasteiger partial charge in [-0.3, -0.25) is 0 Å². The summed E-state index contributed by atoms with van der Waals surface area (Å²) in [7, 11) is 0. The van der Waals surface area contributed by atoms with Crippen molar-refractivity contribution in [2.45, 2.75) is 58.2 Å². The highest BCUT2D eigenvalue weighted by molar-refractivity contribution is 4.84. The van der Waals surface area contributed by atoms with Crippen LogP contribution in [0.2, 0.25) is 0 Å². The average Bonchev–Trinajstić information content (AvgIpc) is 2.36. The van der Waals surface area contributed by atoms with Crippen molar-refractivity contribution in [1.29, 1.82) is 0 Å². The van der Waals surface area contributed by atoms with Crippen LogP contribution in [0, 0.1) is 17.8 Å². The van der Waals surface area contributed by atoms with E-state index in [1.54, 1.807) is 0 Å². The van der Waals surface area contributed by atoms with E-state index in [0.29, 0.717) is 11.8 Å². The molecule has 1 aliphatic carbocycles. The molecule has 0 spiro atoms. The predicted molar refractivity (Wildman–Crippen MR) is 73.4 cm³/mol. The third-order valence-electron chi connectivity index (χ3n) is 5.12. The SMILES string of the molecule is CCC1CCC(O)C(CN2CCC(C)C(O)C2)C1. The lowest BCUT2D eigenvalue weighted by molar-refractivity contribution is -0.0109. The number of piperidine rings is 1. The van der Waals surface area contributed by atoms with Gasteiger partial charge in [-0.1, -0.05) is 20.3 Å². The number of rotatable bonds is 3. The predicted octanol–water partition coefficient (Wildman–Crippen LogP) is 1.88. The van der Waals surface area contributed by atoms with Crippen molar-refractivity contribution in [2.75, 3.05) is 19.6 Å². The van der Waals surface area contributed by atoms with Gasteiger partial charge < -0.3 is 15.1 Å². The quantitative estimate of drug-likeness (QED) is 0.809. The molecule has 2 N–H and O–H groups in total. The van der Waals surface area contributed by atoms with Gasteiger partial charge in [0.2, 0.25) is 0 Å². The molecule has 0 radical (unpaired) electrons. The van der Waals surface area contributed by atoms with Gasteiger partial charge in [0, 0.05) is 13.1 Å². The zero-order valence-corrected chi connectivity index (χ0v) is 11.9. The Labute approximate surface area is 111 Å². The Balaban J connectivity index is 1.84. The molecule has 0 aromatic carbocycles. The Bertz CT molecular complexity index is 259. The molecule has 5 unspecified atom stereocenters. The molecule has 0 bridgehead atoms. The van der Waals surface area contributed by atoms with Gasteiger partial charge in [-0.25, -0.2) is 0 Å². The highest BCUT2D eigenvalue weighted by Gasteiger charge is 2.32. The molecule has 3 heteroatoms. The monoisotopic (exact) mass is 255 g/mol. The van der Waals surface area contributed by atoms with E-state index in [1.165, 1.54) is 19.3 Å². The van der Waals surface area contributed by atoms with Gasteiger partial charge in [0.05, 0.1) is 12.2 Å². The van der Waals surface area contributed by atoms with Crippen molar-refractivity contribution in [3.8, 4) is 0 Å². The highest BCUT2D eigenvalue weighted by atomic mass is 16.3. The van der Waals surface area contributed by atoms with E-state index in [-0.39, 0.29) is 12.2 Å². The molecule has 2 fully saturated rings. The number of likely N-dealkylation sites (tertiary alicyclic amines) is 1. The lowest BCUT2D eigenvalue weighted by atomic mass is 9.78. The molecule has 1 aliphatic heterocycles.